The predicted octanol–water partition coefficient (Wildman–Crippen LogP) is 2.05. The van der Waals surface area contributed by atoms with Crippen molar-refractivity contribution in [2.24, 2.45) is 0 Å². The van der Waals surface area contributed by atoms with Crippen LogP contribution in [-0.4, -0.2) is 13.3 Å². The van der Waals surface area contributed by atoms with E-state index in [-0.39, 0.29) is 28.3 Å². The topological polar surface area (TPSA) is 0 Å². The summed E-state index contributed by atoms with van der Waals surface area (Å²) >= 11 is 0. The molecule has 0 aliphatic carbocycles. The predicted molar refractivity (Wildman–Crippen MR) is 44.8 cm³/mol. The third-order valence-electron chi connectivity index (χ3n) is 1.27. The molecule has 0 fully saturated rings. The Hall–Kier alpha value is 0.312. The zero-order valence-corrected chi connectivity index (χ0v) is 8.60. The van der Waals surface area contributed by atoms with Gasteiger partial charge in [0.25, 0.3) is 0 Å². The summed E-state index contributed by atoms with van der Waals surface area (Å²) in [5.74, 6) is 0. The standard InChI is InChI=1S/C8H11P.Pd/c1-9(2)8-6-4-3-5-7-8;/h3-7H,1-2H3;. The van der Waals surface area contributed by atoms with Crippen molar-refractivity contribution >= 4 is 13.2 Å². The Morgan fingerprint density at radius 3 is 1.80 bits per heavy atom. The zero-order valence-electron chi connectivity index (χ0n) is 6.15. The maximum atomic E-state index is 2.27. The summed E-state index contributed by atoms with van der Waals surface area (Å²) in [6.07, 6.45) is 0. The largest absolute Gasteiger partial charge is 0.0817 e. The number of hydrogen-bond donors (Lipinski definition) is 0. The first-order valence-corrected chi connectivity index (χ1v) is 5.26. The Labute approximate surface area is 77.4 Å². The van der Waals surface area contributed by atoms with Crippen LogP contribution < -0.4 is 5.30 Å². The van der Waals surface area contributed by atoms with Crippen LogP contribution in [0.2, 0.25) is 0 Å². The van der Waals surface area contributed by atoms with E-state index >= 15 is 0 Å². The van der Waals surface area contributed by atoms with Gasteiger partial charge in [0.05, 0.1) is 0 Å². The first-order valence-electron chi connectivity index (χ1n) is 3.03. The molecule has 0 saturated heterocycles. The Kier molecular flexibility index (Phi) is 5.19. The van der Waals surface area contributed by atoms with E-state index in [0.717, 1.165) is 0 Å². The Morgan fingerprint density at radius 2 is 1.50 bits per heavy atom. The minimum absolute atomic E-state index is 0. The van der Waals surface area contributed by atoms with Crippen molar-refractivity contribution in [2.45, 2.75) is 0 Å². The van der Waals surface area contributed by atoms with Crippen molar-refractivity contribution < 1.29 is 20.4 Å². The SMILES string of the molecule is CP(C)c1ccccc1.[Pd]. The normalized spacial score (nSPS) is 9.10. The van der Waals surface area contributed by atoms with Crippen LogP contribution in [0, 0.1) is 0 Å². The van der Waals surface area contributed by atoms with E-state index in [0.29, 0.717) is 0 Å². The molecule has 0 heterocycles. The van der Waals surface area contributed by atoms with E-state index in [1.54, 1.807) is 0 Å². The minimum Gasteiger partial charge on any atom is -0.0817 e. The summed E-state index contributed by atoms with van der Waals surface area (Å²) < 4.78 is 0. The molecular weight excluding hydrogens is 233 g/mol. The summed E-state index contributed by atoms with van der Waals surface area (Å²) in [4.78, 5) is 0. The molecule has 1 aromatic carbocycles. The van der Waals surface area contributed by atoms with Crippen molar-refractivity contribution in [2.75, 3.05) is 13.3 Å². The van der Waals surface area contributed by atoms with Crippen LogP contribution in [-0.2, 0) is 20.4 Å². The van der Waals surface area contributed by atoms with E-state index in [1.165, 1.54) is 5.30 Å². The number of benzene rings is 1. The van der Waals surface area contributed by atoms with E-state index in [2.05, 4.69) is 43.7 Å². The van der Waals surface area contributed by atoms with E-state index in [9.17, 15) is 0 Å². The average molecular weight is 245 g/mol. The third kappa shape index (κ3) is 2.93. The molecule has 0 nitrogen and oxygen atoms in total. The van der Waals surface area contributed by atoms with Crippen LogP contribution in [0.1, 0.15) is 0 Å². The van der Waals surface area contributed by atoms with E-state index < -0.39 is 0 Å². The second-order valence-electron chi connectivity index (χ2n) is 2.23. The fraction of sp³-hybridized carbons (Fsp3) is 0.250. The summed E-state index contributed by atoms with van der Waals surface area (Å²) in [5, 5.41) is 1.48. The maximum absolute atomic E-state index is 2.27. The molecule has 0 aliphatic heterocycles. The van der Waals surface area contributed by atoms with Crippen molar-refractivity contribution in [3.63, 3.8) is 0 Å². The van der Waals surface area contributed by atoms with Crippen LogP contribution in [0.25, 0.3) is 0 Å². The van der Waals surface area contributed by atoms with Crippen LogP contribution >= 0.6 is 7.92 Å². The summed E-state index contributed by atoms with van der Waals surface area (Å²) in [5.41, 5.74) is 0. The molecule has 0 spiro atoms. The van der Waals surface area contributed by atoms with Gasteiger partial charge in [-0.15, -0.1) is 0 Å². The van der Waals surface area contributed by atoms with Gasteiger partial charge in [0.2, 0.25) is 0 Å². The maximum Gasteiger partial charge on any atom is 0 e. The van der Waals surface area contributed by atoms with Crippen molar-refractivity contribution in [3.05, 3.63) is 30.3 Å². The molecule has 0 aliphatic rings. The zero-order chi connectivity index (χ0) is 6.69. The fourth-order valence-electron chi connectivity index (χ4n) is 0.726. The van der Waals surface area contributed by atoms with Gasteiger partial charge in [-0.25, -0.2) is 0 Å². The molecule has 1 aromatic rings. The molecule has 0 saturated carbocycles. The first kappa shape index (κ1) is 10.3. The second-order valence-corrected chi connectivity index (χ2v) is 4.54. The van der Waals surface area contributed by atoms with Crippen LogP contribution in [0.4, 0.5) is 0 Å². The van der Waals surface area contributed by atoms with Gasteiger partial charge >= 0.3 is 0 Å². The van der Waals surface area contributed by atoms with Crippen molar-refractivity contribution in [1.29, 1.82) is 0 Å². The third-order valence-corrected chi connectivity index (χ3v) is 2.60. The molecule has 0 N–H and O–H groups in total. The summed E-state index contributed by atoms with van der Waals surface area (Å²) in [6.45, 7) is 4.54. The van der Waals surface area contributed by atoms with Gasteiger partial charge in [-0.3, -0.25) is 0 Å². The summed E-state index contributed by atoms with van der Waals surface area (Å²) in [7, 11) is 0.104. The molecule has 1 rings (SSSR count). The molecule has 58 valence electrons. The molecule has 0 atom stereocenters. The molecule has 0 unspecified atom stereocenters. The molecular formula is C8H11PPd. The minimum atomic E-state index is 0. The average Bonchev–Trinajstić information content (AvgIpc) is 1.90. The smallest absolute Gasteiger partial charge is 0 e. The van der Waals surface area contributed by atoms with Gasteiger partial charge in [-0.1, -0.05) is 38.3 Å². The number of rotatable bonds is 1. The molecule has 2 heteroatoms. The van der Waals surface area contributed by atoms with Crippen LogP contribution in [0.5, 0.6) is 0 Å². The van der Waals surface area contributed by atoms with Gasteiger partial charge in [0.1, 0.15) is 0 Å². The van der Waals surface area contributed by atoms with Crippen molar-refractivity contribution in [3.8, 4) is 0 Å². The molecule has 10 heavy (non-hydrogen) atoms. The van der Waals surface area contributed by atoms with Crippen molar-refractivity contribution in [1.82, 2.24) is 0 Å². The fourth-order valence-corrected chi connectivity index (χ4v) is 1.49. The van der Waals surface area contributed by atoms with Crippen LogP contribution in [0.3, 0.4) is 0 Å². The monoisotopic (exact) mass is 244 g/mol. The molecule has 0 bridgehead atoms. The summed E-state index contributed by atoms with van der Waals surface area (Å²) in [6, 6.07) is 10.6. The van der Waals surface area contributed by atoms with E-state index in [1.807, 2.05) is 0 Å². The van der Waals surface area contributed by atoms with Gasteiger partial charge in [-0.05, 0) is 18.6 Å². The van der Waals surface area contributed by atoms with Crippen LogP contribution in [0.15, 0.2) is 30.3 Å². The number of hydrogen-bond acceptors (Lipinski definition) is 0. The van der Waals surface area contributed by atoms with Gasteiger partial charge < -0.3 is 0 Å². The quantitative estimate of drug-likeness (QED) is 0.524. The van der Waals surface area contributed by atoms with E-state index in [4.69, 9.17) is 0 Å². The Bertz CT molecular complexity index is 172. The van der Waals surface area contributed by atoms with Gasteiger partial charge in [-0.2, -0.15) is 0 Å². The Morgan fingerprint density at radius 1 is 1.00 bits per heavy atom. The molecule has 0 amide bonds. The molecule has 0 aromatic heterocycles. The van der Waals surface area contributed by atoms with Gasteiger partial charge in [0.15, 0.2) is 0 Å². The second kappa shape index (κ2) is 5.03. The molecule has 0 radical (unpaired) electrons. The first-order chi connectivity index (χ1) is 4.30. The Balaban J connectivity index is 0.000000810. The van der Waals surface area contributed by atoms with Gasteiger partial charge in [0, 0.05) is 20.4 Å².